The molecule has 0 radical (unpaired) electrons. The molecule has 3 nitrogen and oxygen atoms in total. The van der Waals surface area contributed by atoms with Gasteiger partial charge < -0.3 is 9.84 Å². The van der Waals surface area contributed by atoms with Gasteiger partial charge in [0.05, 0.1) is 12.7 Å². The van der Waals surface area contributed by atoms with Gasteiger partial charge in [-0.3, -0.25) is 4.79 Å². The van der Waals surface area contributed by atoms with Crippen molar-refractivity contribution in [2.75, 3.05) is 6.61 Å². The summed E-state index contributed by atoms with van der Waals surface area (Å²) in [5.41, 5.74) is 0. The van der Waals surface area contributed by atoms with E-state index in [1.807, 2.05) is 0 Å². The number of esters is 1. The number of hydrogen-bond acceptors (Lipinski definition) is 3. The van der Waals surface area contributed by atoms with Crippen LogP contribution in [0.4, 0.5) is 0 Å². The maximum absolute atomic E-state index is 10.3. The van der Waals surface area contributed by atoms with Crippen LogP contribution < -0.4 is 0 Å². The molecule has 1 unspecified atom stereocenters. The Balaban J connectivity index is 0. The van der Waals surface area contributed by atoms with Crippen LogP contribution in [-0.2, 0) is 9.53 Å². The van der Waals surface area contributed by atoms with Gasteiger partial charge in [0.2, 0.25) is 0 Å². The van der Waals surface area contributed by atoms with Gasteiger partial charge in [-0.15, -0.1) is 0 Å². The average molecular weight is 200 g/mol. The van der Waals surface area contributed by atoms with Crippen LogP contribution in [0.1, 0.15) is 33.1 Å². The Labute approximate surface area is 116 Å². The van der Waals surface area contributed by atoms with Crippen LogP contribution in [0.25, 0.3) is 0 Å². The van der Waals surface area contributed by atoms with E-state index in [0.29, 0.717) is 6.61 Å². The maximum atomic E-state index is 10.3. The van der Waals surface area contributed by atoms with Crippen molar-refractivity contribution in [2.24, 2.45) is 0 Å². The number of rotatable bonds is 5. The van der Waals surface area contributed by atoms with Gasteiger partial charge in [-0.2, -0.15) is 0 Å². The molecule has 68 valence electrons. The van der Waals surface area contributed by atoms with Crippen LogP contribution in [0.5, 0.6) is 0 Å². The number of ether oxygens (including phenoxy) is 1. The molecule has 0 aliphatic rings. The van der Waals surface area contributed by atoms with E-state index in [1.165, 1.54) is 6.92 Å². The van der Waals surface area contributed by atoms with E-state index >= 15 is 0 Å². The fourth-order valence-corrected chi connectivity index (χ4v) is 0.758. The fraction of sp³-hybridized carbons (Fsp3) is 0.875. The molecule has 0 spiro atoms. The zero-order valence-corrected chi connectivity index (χ0v) is 7.17. The van der Waals surface area contributed by atoms with Crippen molar-refractivity contribution in [3.63, 3.8) is 0 Å². The van der Waals surface area contributed by atoms with E-state index in [9.17, 15) is 4.79 Å². The zero-order valence-electron chi connectivity index (χ0n) is 7.17. The topological polar surface area (TPSA) is 46.5 Å². The Morgan fingerprint density at radius 2 is 2.08 bits per heavy atom. The molecule has 0 saturated heterocycles. The third-order valence-corrected chi connectivity index (χ3v) is 1.32. The second-order valence-corrected chi connectivity index (χ2v) is 2.68. The van der Waals surface area contributed by atoms with Crippen LogP contribution in [0.2, 0.25) is 0 Å². The number of hydrogen-bond donors (Lipinski definition) is 1. The van der Waals surface area contributed by atoms with Crippen LogP contribution in [0, 0.1) is 0 Å². The van der Waals surface area contributed by atoms with Gasteiger partial charge in [-0.25, -0.2) is 0 Å². The van der Waals surface area contributed by atoms with Gasteiger partial charge >= 0.3 is 57.4 Å². The molecule has 1 atom stereocenters. The van der Waals surface area contributed by atoms with Gasteiger partial charge in [0.1, 0.15) is 0 Å². The molecule has 0 fully saturated rings. The van der Waals surface area contributed by atoms with Crippen molar-refractivity contribution in [3.8, 4) is 0 Å². The standard InChI is InChI=1S/C8H16O3.K.H/c1-7(9)5-3-4-6-11-8(2)10;;/h7,9H,3-6H2,1-2H3;;. The predicted octanol–water partition coefficient (Wildman–Crippen LogP) is 0.452. The van der Waals surface area contributed by atoms with Crippen molar-refractivity contribution in [1.29, 1.82) is 0 Å². The first-order valence-corrected chi connectivity index (χ1v) is 3.94. The molecule has 0 aliphatic carbocycles. The predicted molar refractivity (Wildman–Crippen MR) is 49.3 cm³/mol. The van der Waals surface area contributed by atoms with Gasteiger partial charge in [0, 0.05) is 6.92 Å². The Morgan fingerprint density at radius 1 is 1.50 bits per heavy atom. The molecule has 0 aromatic carbocycles. The Kier molecular flexibility index (Phi) is 13.1. The van der Waals surface area contributed by atoms with Crippen LogP contribution in [0.15, 0.2) is 0 Å². The van der Waals surface area contributed by atoms with E-state index in [0.717, 1.165) is 19.3 Å². The van der Waals surface area contributed by atoms with Crippen molar-refractivity contribution in [3.05, 3.63) is 0 Å². The summed E-state index contributed by atoms with van der Waals surface area (Å²) in [6.45, 7) is 3.63. The summed E-state index contributed by atoms with van der Waals surface area (Å²) in [5.74, 6) is -0.234. The molecule has 0 saturated carbocycles. The summed E-state index contributed by atoms with van der Waals surface area (Å²) < 4.78 is 4.70. The third-order valence-electron chi connectivity index (χ3n) is 1.32. The minimum atomic E-state index is -0.243. The molecule has 12 heavy (non-hydrogen) atoms. The van der Waals surface area contributed by atoms with Crippen molar-refractivity contribution >= 4 is 57.4 Å². The molecule has 0 aliphatic heterocycles. The molecule has 0 aromatic heterocycles. The molecule has 1 N–H and O–H groups in total. The zero-order chi connectivity index (χ0) is 8.69. The number of aliphatic hydroxyl groups excluding tert-OH is 1. The monoisotopic (exact) mass is 200 g/mol. The first-order valence-electron chi connectivity index (χ1n) is 3.94. The number of aliphatic hydroxyl groups is 1. The van der Waals surface area contributed by atoms with E-state index in [2.05, 4.69) is 0 Å². The van der Waals surface area contributed by atoms with Crippen LogP contribution in [-0.4, -0.2) is 75.2 Å². The van der Waals surface area contributed by atoms with Gasteiger partial charge in [-0.05, 0) is 26.2 Å². The van der Waals surface area contributed by atoms with Crippen LogP contribution in [0.3, 0.4) is 0 Å². The average Bonchev–Trinajstić information content (AvgIpc) is 1.85. The SMILES string of the molecule is CC(=O)OCCCCC(C)O.[KH]. The van der Waals surface area contributed by atoms with Crippen LogP contribution >= 0.6 is 0 Å². The normalized spacial score (nSPS) is 11.6. The summed E-state index contributed by atoms with van der Waals surface area (Å²) in [6, 6.07) is 0. The Morgan fingerprint density at radius 3 is 2.50 bits per heavy atom. The minimum absolute atomic E-state index is 0. The molecule has 0 rings (SSSR count). The summed E-state index contributed by atoms with van der Waals surface area (Å²) in [4.78, 5) is 10.3. The Hall–Kier alpha value is 1.07. The van der Waals surface area contributed by atoms with Crippen molar-refractivity contribution < 1.29 is 14.6 Å². The Bertz CT molecular complexity index is 115. The summed E-state index contributed by atoms with van der Waals surface area (Å²) in [7, 11) is 0. The van der Waals surface area contributed by atoms with E-state index in [4.69, 9.17) is 9.84 Å². The molecule has 0 amide bonds. The van der Waals surface area contributed by atoms with Gasteiger partial charge in [0.15, 0.2) is 0 Å². The van der Waals surface area contributed by atoms with Crippen molar-refractivity contribution in [1.82, 2.24) is 0 Å². The fourth-order valence-electron chi connectivity index (χ4n) is 0.758. The molecular weight excluding hydrogens is 183 g/mol. The van der Waals surface area contributed by atoms with E-state index in [1.54, 1.807) is 6.92 Å². The summed E-state index contributed by atoms with van der Waals surface area (Å²) in [5, 5.41) is 8.85. The van der Waals surface area contributed by atoms with E-state index < -0.39 is 0 Å². The molecule has 4 heteroatoms. The summed E-state index contributed by atoms with van der Waals surface area (Å²) in [6.07, 6.45) is 2.28. The first kappa shape index (κ1) is 15.5. The third kappa shape index (κ3) is 13.6. The molecule has 0 aromatic rings. The first-order chi connectivity index (χ1) is 5.13. The quantitative estimate of drug-likeness (QED) is 0.398. The molecule has 0 heterocycles. The number of carbonyl (C=O) groups excluding carboxylic acids is 1. The second kappa shape index (κ2) is 10.1. The van der Waals surface area contributed by atoms with Crippen molar-refractivity contribution in [2.45, 2.75) is 39.2 Å². The molecular formula is C8H17KO3. The summed E-state index contributed by atoms with van der Waals surface area (Å²) >= 11 is 0. The van der Waals surface area contributed by atoms with E-state index in [-0.39, 0.29) is 63.5 Å². The van der Waals surface area contributed by atoms with Gasteiger partial charge in [0.25, 0.3) is 0 Å². The number of unbranched alkanes of at least 4 members (excludes halogenated alkanes) is 1. The number of carbonyl (C=O) groups is 1. The molecule has 0 bridgehead atoms. The second-order valence-electron chi connectivity index (χ2n) is 2.68. The van der Waals surface area contributed by atoms with Gasteiger partial charge in [-0.1, -0.05) is 0 Å².